The van der Waals surface area contributed by atoms with Gasteiger partial charge in [0.2, 0.25) is 5.91 Å². The van der Waals surface area contributed by atoms with Crippen LogP contribution in [-0.2, 0) is 4.79 Å². The molecule has 0 unspecified atom stereocenters. The molecule has 0 radical (unpaired) electrons. The minimum atomic E-state index is -0.522. The number of amides is 3. The quantitative estimate of drug-likeness (QED) is 0.699. The van der Waals surface area contributed by atoms with Gasteiger partial charge in [-0.2, -0.15) is 0 Å². The number of nitrogens with one attached hydrogen (secondary N) is 3. The molecule has 0 atom stereocenters. The van der Waals surface area contributed by atoms with Gasteiger partial charge < -0.3 is 20.7 Å². The van der Waals surface area contributed by atoms with Gasteiger partial charge in [-0.15, -0.1) is 6.42 Å². The van der Waals surface area contributed by atoms with Gasteiger partial charge in [0.25, 0.3) is 0 Å². The standard InChI is InChI=1S/C14H16ClN3O3/c1-3-7-16-13(19)9-17-14(20)18-10-5-6-12(21-4-2)11(15)8-10/h1,5-6,8H,4,7,9H2,2H3,(H,16,19)(H2,17,18,20). The second-order valence-corrected chi connectivity index (χ2v) is 4.27. The molecule has 0 heterocycles. The number of ether oxygens (including phenoxy) is 1. The van der Waals surface area contributed by atoms with Crippen molar-refractivity contribution in [2.45, 2.75) is 6.92 Å². The van der Waals surface area contributed by atoms with Crippen molar-refractivity contribution in [3.8, 4) is 18.1 Å². The second kappa shape index (κ2) is 8.72. The number of hydrogen-bond acceptors (Lipinski definition) is 3. The molecule has 112 valence electrons. The summed E-state index contributed by atoms with van der Waals surface area (Å²) < 4.78 is 5.28. The highest BCUT2D eigenvalue weighted by atomic mass is 35.5. The number of rotatable bonds is 6. The first kappa shape index (κ1) is 16.7. The highest BCUT2D eigenvalue weighted by molar-refractivity contribution is 6.32. The third-order valence-corrected chi connectivity index (χ3v) is 2.58. The average molecular weight is 310 g/mol. The van der Waals surface area contributed by atoms with Crippen LogP contribution >= 0.6 is 11.6 Å². The summed E-state index contributed by atoms with van der Waals surface area (Å²) in [4.78, 5) is 22.8. The Morgan fingerprint density at radius 3 is 2.76 bits per heavy atom. The van der Waals surface area contributed by atoms with E-state index in [2.05, 4.69) is 21.9 Å². The number of carbonyl (C=O) groups is 2. The molecule has 1 rings (SSSR count). The summed E-state index contributed by atoms with van der Waals surface area (Å²) in [6.45, 7) is 2.30. The normalized spacial score (nSPS) is 9.38. The van der Waals surface area contributed by atoms with E-state index >= 15 is 0 Å². The Hall–Kier alpha value is -2.39. The van der Waals surface area contributed by atoms with Crippen LogP contribution in [0, 0.1) is 12.3 Å². The van der Waals surface area contributed by atoms with Gasteiger partial charge in [-0.3, -0.25) is 4.79 Å². The highest BCUT2D eigenvalue weighted by Crippen LogP contribution is 2.27. The van der Waals surface area contributed by atoms with Gasteiger partial charge in [-0.25, -0.2) is 4.79 Å². The predicted octanol–water partition coefficient (Wildman–Crippen LogP) is 1.61. The van der Waals surface area contributed by atoms with Crippen molar-refractivity contribution < 1.29 is 14.3 Å². The third-order valence-electron chi connectivity index (χ3n) is 2.29. The average Bonchev–Trinajstić information content (AvgIpc) is 2.46. The van der Waals surface area contributed by atoms with Crippen LogP contribution in [0.4, 0.5) is 10.5 Å². The SMILES string of the molecule is C#CCNC(=O)CNC(=O)Nc1ccc(OCC)c(Cl)c1. The van der Waals surface area contributed by atoms with Gasteiger partial charge in [0.05, 0.1) is 24.7 Å². The molecule has 1 aromatic rings. The number of anilines is 1. The molecule has 0 bridgehead atoms. The summed E-state index contributed by atoms with van der Waals surface area (Å²) in [6, 6.07) is 4.34. The van der Waals surface area contributed by atoms with E-state index in [-0.39, 0.29) is 19.0 Å². The number of halogens is 1. The van der Waals surface area contributed by atoms with Crippen molar-refractivity contribution in [2.75, 3.05) is 25.0 Å². The highest BCUT2D eigenvalue weighted by Gasteiger charge is 2.07. The molecule has 0 aliphatic rings. The van der Waals surface area contributed by atoms with Crippen LogP contribution in [0.1, 0.15) is 6.92 Å². The predicted molar refractivity (Wildman–Crippen MR) is 81.5 cm³/mol. The largest absolute Gasteiger partial charge is 0.492 e. The van der Waals surface area contributed by atoms with Crippen molar-refractivity contribution in [1.82, 2.24) is 10.6 Å². The van der Waals surface area contributed by atoms with Gasteiger partial charge in [0.15, 0.2) is 0 Å². The Bertz CT molecular complexity index is 555. The van der Waals surface area contributed by atoms with E-state index in [9.17, 15) is 9.59 Å². The van der Waals surface area contributed by atoms with E-state index in [1.807, 2.05) is 6.92 Å². The van der Waals surface area contributed by atoms with Crippen molar-refractivity contribution >= 4 is 29.2 Å². The second-order valence-electron chi connectivity index (χ2n) is 3.87. The fraction of sp³-hybridized carbons (Fsp3) is 0.286. The maximum Gasteiger partial charge on any atom is 0.319 e. The summed E-state index contributed by atoms with van der Waals surface area (Å²) in [7, 11) is 0. The Balaban J connectivity index is 2.46. The lowest BCUT2D eigenvalue weighted by Gasteiger charge is -2.10. The number of urea groups is 1. The van der Waals surface area contributed by atoms with Gasteiger partial charge >= 0.3 is 6.03 Å². The summed E-state index contributed by atoms with van der Waals surface area (Å²) in [5.74, 6) is 2.43. The molecular formula is C14H16ClN3O3. The molecule has 6 nitrogen and oxygen atoms in total. The van der Waals surface area contributed by atoms with Gasteiger partial charge in [0, 0.05) is 5.69 Å². The number of benzene rings is 1. The minimum Gasteiger partial charge on any atom is -0.492 e. The maximum absolute atomic E-state index is 11.6. The fourth-order valence-corrected chi connectivity index (χ4v) is 1.63. The molecule has 3 amide bonds. The number of hydrogen-bond donors (Lipinski definition) is 3. The summed E-state index contributed by atoms with van der Waals surface area (Å²) in [6.07, 6.45) is 5.00. The molecule has 0 aliphatic carbocycles. The molecule has 0 spiro atoms. The zero-order valence-corrected chi connectivity index (χ0v) is 12.3. The molecule has 0 fully saturated rings. The monoisotopic (exact) mass is 309 g/mol. The molecule has 3 N–H and O–H groups in total. The Labute approximate surface area is 128 Å². The van der Waals surface area contributed by atoms with Crippen molar-refractivity contribution in [3.63, 3.8) is 0 Å². The van der Waals surface area contributed by atoms with Gasteiger partial charge in [-0.1, -0.05) is 17.5 Å². The molecule has 7 heteroatoms. The van der Waals surface area contributed by atoms with E-state index in [4.69, 9.17) is 22.8 Å². The smallest absolute Gasteiger partial charge is 0.319 e. The van der Waals surface area contributed by atoms with Crippen LogP contribution in [0.2, 0.25) is 5.02 Å². The Morgan fingerprint density at radius 2 is 2.14 bits per heavy atom. The zero-order chi connectivity index (χ0) is 15.7. The van der Waals surface area contributed by atoms with E-state index < -0.39 is 6.03 Å². The van der Waals surface area contributed by atoms with Crippen LogP contribution in [0.25, 0.3) is 0 Å². The van der Waals surface area contributed by atoms with Crippen LogP contribution < -0.4 is 20.7 Å². The Morgan fingerprint density at radius 1 is 1.38 bits per heavy atom. The Kier molecular flexibility index (Phi) is 6.92. The molecule has 0 aliphatic heterocycles. The van der Waals surface area contributed by atoms with Crippen LogP contribution in [-0.4, -0.2) is 31.6 Å². The van der Waals surface area contributed by atoms with E-state index in [0.29, 0.717) is 23.1 Å². The van der Waals surface area contributed by atoms with Crippen LogP contribution in [0.3, 0.4) is 0 Å². The van der Waals surface area contributed by atoms with Crippen LogP contribution in [0.15, 0.2) is 18.2 Å². The van der Waals surface area contributed by atoms with Gasteiger partial charge in [0.1, 0.15) is 5.75 Å². The first-order valence-electron chi connectivity index (χ1n) is 6.24. The van der Waals surface area contributed by atoms with Crippen LogP contribution in [0.5, 0.6) is 5.75 Å². The summed E-state index contributed by atoms with van der Waals surface area (Å²) in [5.41, 5.74) is 0.491. The molecule has 0 saturated heterocycles. The maximum atomic E-state index is 11.6. The van der Waals surface area contributed by atoms with Gasteiger partial charge in [-0.05, 0) is 25.1 Å². The topological polar surface area (TPSA) is 79.5 Å². The number of carbonyl (C=O) groups excluding carboxylic acids is 2. The lowest BCUT2D eigenvalue weighted by Crippen LogP contribution is -2.39. The minimum absolute atomic E-state index is 0.122. The lowest BCUT2D eigenvalue weighted by atomic mass is 10.3. The van der Waals surface area contributed by atoms with Crippen molar-refractivity contribution in [2.24, 2.45) is 0 Å². The first-order valence-corrected chi connectivity index (χ1v) is 6.62. The summed E-state index contributed by atoms with van der Waals surface area (Å²) >= 11 is 6.00. The third kappa shape index (κ3) is 6.06. The molecular weight excluding hydrogens is 294 g/mol. The molecule has 21 heavy (non-hydrogen) atoms. The van der Waals surface area contributed by atoms with E-state index in [0.717, 1.165) is 0 Å². The van der Waals surface area contributed by atoms with E-state index in [1.54, 1.807) is 18.2 Å². The number of terminal acetylenes is 1. The zero-order valence-electron chi connectivity index (χ0n) is 11.5. The molecule has 1 aromatic carbocycles. The van der Waals surface area contributed by atoms with Crippen molar-refractivity contribution in [3.05, 3.63) is 23.2 Å². The molecule has 0 saturated carbocycles. The van der Waals surface area contributed by atoms with E-state index in [1.165, 1.54) is 0 Å². The van der Waals surface area contributed by atoms with Crippen molar-refractivity contribution in [1.29, 1.82) is 0 Å². The summed E-state index contributed by atoms with van der Waals surface area (Å²) in [5, 5.41) is 7.76. The molecule has 0 aromatic heterocycles. The lowest BCUT2D eigenvalue weighted by molar-refractivity contribution is -0.119. The first-order chi connectivity index (χ1) is 10.1. The fourth-order valence-electron chi connectivity index (χ4n) is 1.40.